The van der Waals surface area contributed by atoms with E-state index in [-0.39, 0.29) is 16.6 Å². The first-order valence-corrected chi connectivity index (χ1v) is 12.7. The standard InChI is InChI=1S/C12H27N3P2SSe/c1-10(2,3)13-17(19)14(11(4,5)6)16(18)15(17)12(7,8)9/h1-9H3. The molecule has 0 aromatic carbocycles. The second-order valence-electron chi connectivity index (χ2n) is 7.96. The van der Waals surface area contributed by atoms with Crippen molar-refractivity contribution in [1.82, 2.24) is 8.88 Å². The molecule has 0 aromatic rings. The number of hydrogen-bond donors (Lipinski definition) is 0. The molecular weight excluding hydrogens is 359 g/mol. The third kappa shape index (κ3) is 3.69. The molecule has 1 rings (SSSR count). The van der Waals surface area contributed by atoms with Gasteiger partial charge < -0.3 is 0 Å². The van der Waals surface area contributed by atoms with E-state index < -0.39 is 13.0 Å². The first-order chi connectivity index (χ1) is 8.11. The molecule has 0 spiro atoms. The van der Waals surface area contributed by atoms with Crippen LogP contribution in [0.2, 0.25) is 0 Å². The molecule has 19 heavy (non-hydrogen) atoms. The monoisotopic (exact) mass is 387 g/mol. The molecule has 0 N–H and O–H groups in total. The van der Waals surface area contributed by atoms with Crippen LogP contribution in [-0.4, -0.2) is 41.1 Å². The van der Waals surface area contributed by atoms with Crippen LogP contribution < -0.4 is 0 Å². The van der Waals surface area contributed by atoms with Gasteiger partial charge in [-0.3, -0.25) is 0 Å². The topological polar surface area (TPSA) is 18.8 Å². The molecule has 7 heteroatoms. The summed E-state index contributed by atoms with van der Waals surface area (Å²) in [6, 6.07) is -1.79. The third-order valence-corrected chi connectivity index (χ3v) is 15.8. The fourth-order valence-electron chi connectivity index (χ4n) is 2.10. The van der Waals surface area contributed by atoms with E-state index >= 15 is 0 Å². The third-order valence-electron chi connectivity index (χ3n) is 2.45. The molecule has 1 saturated heterocycles. The van der Waals surface area contributed by atoms with Crippen molar-refractivity contribution in [2.24, 2.45) is 4.74 Å². The molecule has 0 aliphatic carbocycles. The fourth-order valence-corrected chi connectivity index (χ4v) is 20.7. The van der Waals surface area contributed by atoms with E-state index in [1.807, 2.05) is 0 Å². The maximum atomic E-state index is 5.81. The molecular formula is C12H27N3P2SSe. The molecule has 112 valence electrons. The zero-order chi connectivity index (χ0) is 15.4. The number of hydrogen-bond acceptors (Lipinski definition) is 2. The average Bonchev–Trinajstić information content (AvgIpc) is 1.90. The Kier molecular flexibility index (Phi) is 4.92. The quantitative estimate of drug-likeness (QED) is 0.437. The van der Waals surface area contributed by atoms with E-state index in [4.69, 9.17) is 16.6 Å². The van der Waals surface area contributed by atoms with Crippen LogP contribution in [-0.2, 0) is 11.8 Å². The SMILES string of the molecule is CC(C)(C)N=P1([Se-])N(C(C)(C)C)[P+](=S)N1C(C)(C)C. The molecule has 0 atom stereocenters. The average molecular weight is 386 g/mol. The Balaban J connectivity index is 3.42. The minimum atomic E-state index is -1.79. The second kappa shape index (κ2) is 5.13. The van der Waals surface area contributed by atoms with Crippen molar-refractivity contribution in [2.75, 3.05) is 0 Å². The Morgan fingerprint density at radius 1 is 0.895 bits per heavy atom. The molecule has 0 unspecified atom stereocenters. The Morgan fingerprint density at radius 2 is 1.21 bits per heavy atom. The molecule has 1 fully saturated rings. The molecule has 0 saturated carbocycles. The van der Waals surface area contributed by atoms with E-state index in [1.165, 1.54) is 0 Å². The van der Waals surface area contributed by atoms with Crippen molar-refractivity contribution in [3.63, 3.8) is 0 Å². The fraction of sp³-hybridized carbons (Fsp3) is 1.00. The van der Waals surface area contributed by atoms with E-state index in [0.29, 0.717) is 0 Å². The van der Waals surface area contributed by atoms with E-state index in [2.05, 4.69) is 86.8 Å². The summed E-state index contributed by atoms with van der Waals surface area (Å²) in [5, 5.41) is 0. The summed E-state index contributed by atoms with van der Waals surface area (Å²) in [4.78, 5) is 0. The molecule has 0 amide bonds. The molecule has 0 bridgehead atoms. The Bertz CT molecular complexity index is 415. The summed E-state index contributed by atoms with van der Waals surface area (Å²) in [5.74, 6) is 0. The van der Waals surface area contributed by atoms with Crippen molar-refractivity contribution in [3.8, 4) is 0 Å². The minimum absolute atomic E-state index is 0.0576. The van der Waals surface area contributed by atoms with Crippen LogP contribution in [0.25, 0.3) is 0 Å². The first-order valence-electron chi connectivity index (χ1n) is 6.54. The van der Waals surface area contributed by atoms with Crippen molar-refractivity contribution in [3.05, 3.63) is 0 Å². The van der Waals surface area contributed by atoms with Crippen LogP contribution in [0, 0.1) is 0 Å². The van der Waals surface area contributed by atoms with Crippen molar-refractivity contribution in [2.45, 2.75) is 78.9 Å². The second-order valence-corrected chi connectivity index (χ2v) is 16.0. The Hall–Kier alpha value is 1.19. The maximum absolute atomic E-state index is 5.81. The predicted octanol–water partition coefficient (Wildman–Crippen LogP) is 4.89. The van der Waals surface area contributed by atoms with Crippen LogP contribution >= 0.6 is 13.0 Å². The summed E-state index contributed by atoms with van der Waals surface area (Å²) >= 11 is 9.24. The summed E-state index contributed by atoms with van der Waals surface area (Å²) in [7, 11) is 0. The zero-order valence-electron chi connectivity index (χ0n) is 13.6. The zero-order valence-corrected chi connectivity index (χ0v) is 17.9. The van der Waals surface area contributed by atoms with Gasteiger partial charge in [0.2, 0.25) is 0 Å². The van der Waals surface area contributed by atoms with Gasteiger partial charge >= 0.3 is 133 Å². The summed E-state index contributed by atoms with van der Waals surface area (Å²) in [6.07, 6.45) is 0. The van der Waals surface area contributed by atoms with Gasteiger partial charge in [0.15, 0.2) is 0 Å². The molecule has 3 nitrogen and oxygen atoms in total. The Morgan fingerprint density at radius 3 is 1.42 bits per heavy atom. The molecule has 1 aliphatic heterocycles. The van der Waals surface area contributed by atoms with E-state index in [9.17, 15) is 0 Å². The Labute approximate surface area is 133 Å². The van der Waals surface area contributed by atoms with Gasteiger partial charge in [-0.1, -0.05) is 0 Å². The molecule has 1 aliphatic rings. The van der Waals surface area contributed by atoms with E-state index in [0.717, 1.165) is 0 Å². The van der Waals surface area contributed by atoms with Gasteiger partial charge in [-0.15, -0.1) is 0 Å². The van der Waals surface area contributed by atoms with Crippen molar-refractivity contribution in [1.29, 1.82) is 0 Å². The molecule has 0 radical (unpaired) electrons. The van der Waals surface area contributed by atoms with Crippen LogP contribution in [0.1, 0.15) is 62.3 Å². The van der Waals surface area contributed by atoms with Crippen LogP contribution in [0.15, 0.2) is 4.74 Å². The summed E-state index contributed by atoms with van der Waals surface area (Å²) in [5.41, 5.74) is 0.0594. The van der Waals surface area contributed by atoms with Gasteiger partial charge in [-0.25, -0.2) is 0 Å². The number of nitrogens with zero attached hydrogens (tertiary/aromatic N) is 3. The van der Waals surface area contributed by atoms with Gasteiger partial charge in [-0.05, 0) is 0 Å². The van der Waals surface area contributed by atoms with Gasteiger partial charge in [0.05, 0.1) is 0 Å². The van der Waals surface area contributed by atoms with Gasteiger partial charge in [-0.2, -0.15) is 0 Å². The summed E-state index contributed by atoms with van der Waals surface area (Å²) in [6.45, 7) is 19.2. The first kappa shape index (κ1) is 18.2. The number of rotatable bonds is 0. The molecule has 0 aromatic heterocycles. The van der Waals surface area contributed by atoms with Gasteiger partial charge in [0, 0.05) is 0 Å². The van der Waals surface area contributed by atoms with E-state index in [1.54, 1.807) is 0 Å². The van der Waals surface area contributed by atoms with Crippen LogP contribution in [0.3, 0.4) is 0 Å². The van der Waals surface area contributed by atoms with Gasteiger partial charge in [0.1, 0.15) is 0 Å². The van der Waals surface area contributed by atoms with Crippen LogP contribution in [0.4, 0.5) is 0 Å². The van der Waals surface area contributed by atoms with Crippen LogP contribution in [0.5, 0.6) is 0 Å². The molecule has 1 heterocycles. The summed E-state index contributed by atoms with van der Waals surface area (Å²) < 4.78 is 10.1. The van der Waals surface area contributed by atoms with Crippen molar-refractivity contribution >= 4 is 40.4 Å². The normalized spacial score (nSPS) is 29.3. The van der Waals surface area contributed by atoms with Crippen molar-refractivity contribution < 1.29 is 0 Å². The van der Waals surface area contributed by atoms with Gasteiger partial charge in [0.25, 0.3) is 0 Å². The predicted molar refractivity (Wildman–Crippen MR) is 92.3 cm³/mol.